The maximum atomic E-state index is 13.3. The monoisotopic (exact) mass is 224 g/mol. The molecule has 1 aromatic carbocycles. The van der Waals surface area contributed by atoms with Gasteiger partial charge in [0.2, 0.25) is 0 Å². The molecule has 0 unspecified atom stereocenters. The fourth-order valence-electron chi connectivity index (χ4n) is 1.27. The molecule has 2 aromatic rings. The average molecular weight is 224 g/mol. The molecule has 0 bridgehead atoms. The van der Waals surface area contributed by atoms with Gasteiger partial charge in [-0.2, -0.15) is 4.98 Å². The van der Waals surface area contributed by atoms with Crippen molar-refractivity contribution in [1.82, 2.24) is 4.98 Å². The summed E-state index contributed by atoms with van der Waals surface area (Å²) in [6, 6.07) is 3.74. The Morgan fingerprint density at radius 3 is 2.44 bits per heavy atom. The van der Waals surface area contributed by atoms with Crippen LogP contribution in [-0.4, -0.2) is 4.98 Å². The SMILES string of the molecule is Nc1nc(=O)cc(-c2c(F)cccc2F)o1. The molecule has 0 aliphatic rings. The third-order valence-electron chi connectivity index (χ3n) is 1.90. The van der Waals surface area contributed by atoms with Crippen molar-refractivity contribution in [3.05, 3.63) is 46.3 Å². The first-order valence-electron chi connectivity index (χ1n) is 4.30. The van der Waals surface area contributed by atoms with Crippen LogP contribution in [0.25, 0.3) is 11.3 Å². The lowest BCUT2D eigenvalue weighted by Gasteiger charge is -2.03. The van der Waals surface area contributed by atoms with E-state index in [0.717, 1.165) is 18.2 Å². The number of hydrogen-bond acceptors (Lipinski definition) is 4. The maximum Gasteiger partial charge on any atom is 0.295 e. The lowest BCUT2D eigenvalue weighted by Crippen LogP contribution is -2.08. The molecular weight excluding hydrogens is 218 g/mol. The highest BCUT2D eigenvalue weighted by molar-refractivity contribution is 5.58. The summed E-state index contributed by atoms with van der Waals surface area (Å²) in [7, 11) is 0. The van der Waals surface area contributed by atoms with Crippen LogP contribution in [0.5, 0.6) is 0 Å². The highest BCUT2D eigenvalue weighted by Crippen LogP contribution is 2.25. The number of hydrogen-bond donors (Lipinski definition) is 1. The zero-order valence-electron chi connectivity index (χ0n) is 7.91. The molecule has 0 atom stereocenters. The lowest BCUT2D eigenvalue weighted by molar-refractivity contribution is 0.537. The van der Waals surface area contributed by atoms with Crippen molar-refractivity contribution in [2.45, 2.75) is 0 Å². The molecule has 1 heterocycles. The summed E-state index contributed by atoms with van der Waals surface area (Å²) in [4.78, 5) is 14.2. The van der Waals surface area contributed by atoms with Gasteiger partial charge in [0.05, 0.1) is 5.56 Å². The second-order valence-electron chi connectivity index (χ2n) is 3.00. The van der Waals surface area contributed by atoms with Crippen LogP contribution in [0.15, 0.2) is 33.5 Å². The number of rotatable bonds is 1. The summed E-state index contributed by atoms with van der Waals surface area (Å²) in [5.41, 5.74) is 4.02. The Bertz CT molecular complexity index is 575. The Kier molecular flexibility index (Phi) is 2.40. The molecule has 0 aliphatic heterocycles. The van der Waals surface area contributed by atoms with E-state index in [9.17, 15) is 13.6 Å². The minimum atomic E-state index is -0.839. The summed E-state index contributed by atoms with van der Waals surface area (Å²) in [5, 5.41) is 0. The zero-order valence-corrected chi connectivity index (χ0v) is 7.91. The highest BCUT2D eigenvalue weighted by Gasteiger charge is 2.14. The van der Waals surface area contributed by atoms with Crippen molar-refractivity contribution in [3.63, 3.8) is 0 Å². The Labute approximate surface area is 88.3 Å². The van der Waals surface area contributed by atoms with E-state index < -0.39 is 28.8 Å². The first kappa shape index (κ1) is 10.3. The number of benzene rings is 1. The molecule has 0 saturated heterocycles. The van der Waals surface area contributed by atoms with Crippen LogP contribution in [0.2, 0.25) is 0 Å². The van der Waals surface area contributed by atoms with Gasteiger partial charge < -0.3 is 10.2 Å². The molecule has 0 fully saturated rings. The largest absolute Gasteiger partial charge is 0.425 e. The summed E-state index contributed by atoms with van der Waals surface area (Å²) in [6.45, 7) is 0. The molecule has 1 aromatic heterocycles. The standard InChI is InChI=1S/C10H6F2N2O2/c11-5-2-1-3-6(12)9(5)7-4-8(15)14-10(13)16-7/h1-4H,(H2,13,14,15). The van der Waals surface area contributed by atoms with E-state index in [1.165, 1.54) is 6.07 Å². The van der Waals surface area contributed by atoms with Crippen LogP contribution >= 0.6 is 0 Å². The first-order chi connectivity index (χ1) is 7.58. The summed E-state index contributed by atoms with van der Waals surface area (Å²) in [5.74, 6) is -1.96. The number of aromatic nitrogens is 1. The van der Waals surface area contributed by atoms with Gasteiger partial charge in [0.15, 0.2) is 0 Å². The predicted octanol–water partition coefficient (Wildman–Crippen LogP) is 1.56. The van der Waals surface area contributed by atoms with E-state index in [2.05, 4.69) is 4.98 Å². The second kappa shape index (κ2) is 3.73. The fraction of sp³-hybridized carbons (Fsp3) is 0. The minimum Gasteiger partial charge on any atom is -0.425 e. The van der Waals surface area contributed by atoms with Gasteiger partial charge in [-0.05, 0) is 12.1 Å². The van der Waals surface area contributed by atoms with Crippen LogP contribution in [0, 0.1) is 11.6 Å². The van der Waals surface area contributed by atoms with Gasteiger partial charge >= 0.3 is 0 Å². The van der Waals surface area contributed by atoms with E-state index in [-0.39, 0.29) is 5.76 Å². The van der Waals surface area contributed by atoms with Crippen molar-refractivity contribution in [3.8, 4) is 11.3 Å². The van der Waals surface area contributed by atoms with Crippen LogP contribution in [0.4, 0.5) is 14.8 Å². The molecule has 2 N–H and O–H groups in total. The molecule has 2 rings (SSSR count). The molecular formula is C10H6F2N2O2. The second-order valence-corrected chi connectivity index (χ2v) is 3.00. The molecule has 6 heteroatoms. The molecule has 4 nitrogen and oxygen atoms in total. The topological polar surface area (TPSA) is 69.1 Å². The summed E-state index contributed by atoms with van der Waals surface area (Å²) < 4.78 is 31.5. The highest BCUT2D eigenvalue weighted by atomic mass is 19.1. The van der Waals surface area contributed by atoms with E-state index in [0.29, 0.717) is 0 Å². The Morgan fingerprint density at radius 1 is 1.25 bits per heavy atom. The maximum absolute atomic E-state index is 13.3. The van der Waals surface area contributed by atoms with E-state index in [4.69, 9.17) is 10.2 Å². The van der Waals surface area contributed by atoms with Crippen molar-refractivity contribution in [1.29, 1.82) is 0 Å². The van der Waals surface area contributed by atoms with Gasteiger partial charge in [0.1, 0.15) is 17.4 Å². The van der Waals surface area contributed by atoms with Crippen LogP contribution in [0.3, 0.4) is 0 Å². The minimum absolute atomic E-state index is 0.284. The Hall–Kier alpha value is -2.24. The molecule has 0 saturated carbocycles. The molecule has 0 aliphatic carbocycles. The zero-order chi connectivity index (χ0) is 11.7. The van der Waals surface area contributed by atoms with Gasteiger partial charge in [-0.25, -0.2) is 8.78 Å². The quantitative estimate of drug-likeness (QED) is 0.798. The molecule has 0 radical (unpaired) electrons. The summed E-state index contributed by atoms with van der Waals surface area (Å²) in [6.07, 6.45) is 0. The van der Waals surface area contributed by atoms with Crippen LogP contribution < -0.4 is 11.3 Å². The van der Waals surface area contributed by atoms with Crippen LogP contribution in [-0.2, 0) is 0 Å². The van der Waals surface area contributed by atoms with Crippen molar-refractivity contribution in [2.24, 2.45) is 0 Å². The number of halogens is 2. The van der Waals surface area contributed by atoms with Gasteiger partial charge in [0, 0.05) is 6.07 Å². The molecule has 16 heavy (non-hydrogen) atoms. The first-order valence-corrected chi connectivity index (χ1v) is 4.30. The number of nitrogens with two attached hydrogens (primary N) is 1. The van der Waals surface area contributed by atoms with Gasteiger partial charge in [-0.15, -0.1) is 0 Å². The Balaban J connectivity index is 2.72. The van der Waals surface area contributed by atoms with Crippen molar-refractivity contribution in [2.75, 3.05) is 5.73 Å². The predicted molar refractivity (Wildman–Crippen MR) is 52.5 cm³/mol. The lowest BCUT2D eigenvalue weighted by atomic mass is 10.1. The Morgan fingerprint density at radius 2 is 1.88 bits per heavy atom. The smallest absolute Gasteiger partial charge is 0.295 e. The third-order valence-corrected chi connectivity index (χ3v) is 1.90. The summed E-state index contributed by atoms with van der Waals surface area (Å²) >= 11 is 0. The normalized spacial score (nSPS) is 10.4. The van der Waals surface area contributed by atoms with E-state index in [1.54, 1.807) is 0 Å². The van der Waals surface area contributed by atoms with E-state index in [1.807, 2.05) is 0 Å². The molecule has 0 spiro atoms. The fourth-order valence-corrected chi connectivity index (χ4v) is 1.27. The average Bonchev–Trinajstić information content (AvgIpc) is 2.15. The van der Waals surface area contributed by atoms with Crippen molar-refractivity contribution >= 4 is 6.01 Å². The van der Waals surface area contributed by atoms with Gasteiger partial charge in [-0.3, -0.25) is 4.79 Å². The molecule has 82 valence electrons. The van der Waals surface area contributed by atoms with Crippen LogP contribution in [0.1, 0.15) is 0 Å². The number of nitrogen functional groups attached to an aromatic ring is 1. The van der Waals surface area contributed by atoms with E-state index >= 15 is 0 Å². The number of anilines is 1. The third kappa shape index (κ3) is 1.77. The number of nitrogens with zero attached hydrogens (tertiary/aromatic N) is 1. The van der Waals surface area contributed by atoms with Crippen molar-refractivity contribution < 1.29 is 13.2 Å². The van der Waals surface area contributed by atoms with Gasteiger partial charge in [0.25, 0.3) is 11.6 Å². The molecule has 0 amide bonds. The van der Waals surface area contributed by atoms with Gasteiger partial charge in [-0.1, -0.05) is 6.07 Å².